The van der Waals surface area contributed by atoms with Gasteiger partial charge in [-0.15, -0.1) is 11.3 Å². The third-order valence-electron chi connectivity index (χ3n) is 5.80. The number of carbonyl (C=O) groups excluding carboxylic acids is 1. The second-order valence-electron chi connectivity index (χ2n) is 7.82. The third kappa shape index (κ3) is 4.21. The van der Waals surface area contributed by atoms with Crippen LogP contribution in [0.4, 0.5) is 5.69 Å². The van der Waals surface area contributed by atoms with Crippen molar-refractivity contribution in [1.82, 2.24) is 9.55 Å². The minimum absolute atomic E-state index is 0.255. The fraction of sp³-hybridized carbons (Fsp3) is 0.240. The number of rotatable bonds is 6. The van der Waals surface area contributed by atoms with Crippen molar-refractivity contribution in [3.63, 3.8) is 0 Å². The lowest BCUT2D eigenvalue weighted by Gasteiger charge is -2.17. The molecule has 1 N–H and O–H groups in total. The van der Waals surface area contributed by atoms with E-state index in [1.165, 1.54) is 34.9 Å². The Morgan fingerprint density at radius 3 is 2.58 bits per heavy atom. The first kappa shape index (κ1) is 22.5. The molecule has 8 heteroatoms. The second kappa shape index (κ2) is 9.07. The molecule has 4 rings (SSSR count). The summed E-state index contributed by atoms with van der Waals surface area (Å²) >= 11 is 1.42. The van der Waals surface area contributed by atoms with Crippen LogP contribution in [0.5, 0.6) is 11.5 Å². The lowest BCUT2D eigenvalue weighted by molar-refractivity contribution is -0.118. The van der Waals surface area contributed by atoms with Crippen molar-refractivity contribution in [3.8, 4) is 22.6 Å². The number of fused-ring (bicyclic) bond motifs is 1. The summed E-state index contributed by atoms with van der Waals surface area (Å²) in [6.45, 7) is 5.76. The molecular weight excluding hydrogens is 438 g/mol. The van der Waals surface area contributed by atoms with Crippen molar-refractivity contribution in [3.05, 3.63) is 69.6 Å². The van der Waals surface area contributed by atoms with Gasteiger partial charge < -0.3 is 14.8 Å². The summed E-state index contributed by atoms with van der Waals surface area (Å²) in [5.74, 6) is 0.704. The van der Waals surface area contributed by atoms with Crippen molar-refractivity contribution in [2.24, 2.45) is 0 Å². The number of anilines is 1. The lowest BCUT2D eigenvalue weighted by Crippen LogP contribution is -2.31. The first-order valence-electron chi connectivity index (χ1n) is 10.4. The molecule has 0 aliphatic carbocycles. The van der Waals surface area contributed by atoms with Crippen LogP contribution in [0.2, 0.25) is 0 Å². The highest BCUT2D eigenvalue weighted by Crippen LogP contribution is 2.32. The van der Waals surface area contributed by atoms with Gasteiger partial charge in [-0.3, -0.25) is 14.2 Å². The van der Waals surface area contributed by atoms with Gasteiger partial charge in [-0.25, -0.2) is 4.98 Å². The number of ether oxygens (including phenoxy) is 2. The smallest absolute Gasteiger partial charge is 0.263 e. The molecule has 0 aliphatic rings. The number of thiophene rings is 1. The van der Waals surface area contributed by atoms with Gasteiger partial charge in [0, 0.05) is 17.0 Å². The number of methoxy groups -OCH3 is 2. The monoisotopic (exact) mass is 463 g/mol. The largest absolute Gasteiger partial charge is 0.497 e. The number of aryl methyl sites for hydroxylation is 2. The third-order valence-corrected chi connectivity index (χ3v) is 6.68. The first-order valence-corrected chi connectivity index (χ1v) is 11.3. The zero-order chi connectivity index (χ0) is 23.7. The average molecular weight is 464 g/mol. The van der Waals surface area contributed by atoms with Gasteiger partial charge in [-0.1, -0.05) is 18.2 Å². The molecule has 0 aliphatic heterocycles. The fourth-order valence-electron chi connectivity index (χ4n) is 3.62. The molecule has 0 spiro atoms. The van der Waals surface area contributed by atoms with Crippen molar-refractivity contribution in [2.75, 3.05) is 19.5 Å². The molecule has 0 bridgehead atoms. The van der Waals surface area contributed by atoms with E-state index >= 15 is 0 Å². The van der Waals surface area contributed by atoms with Crippen molar-refractivity contribution in [1.29, 1.82) is 0 Å². The number of carbonyl (C=O) groups is 1. The molecule has 1 amide bonds. The van der Waals surface area contributed by atoms with Gasteiger partial charge in [0.1, 0.15) is 22.4 Å². The van der Waals surface area contributed by atoms with Gasteiger partial charge in [0.15, 0.2) is 0 Å². The Morgan fingerprint density at radius 1 is 1.09 bits per heavy atom. The SMILES string of the molecule is COc1ccc(OC)c(NC(=O)C(C)n2cnc3scc(-c4ccc(C)c(C)c4)c3c2=O)c1. The van der Waals surface area contributed by atoms with E-state index in [4.69, 9.17) is 9.47 Å². The van der Waals surface area contributed by atoms with Crippen LogP contribution in [0.25, 0.3) is 21.3 Å². The molecule has 0 saturated heterocycles. The maximum Gasteiger partial charge on any atom is 0.263 e. The molecule has 33 heavy (non-hydrogen) atoms. The molecular formula is C25H25N3O4S. The maximum atomic E-state index is 13.5. The molecule has 4 aromatic rings. The molecule has 0 saturated carbocycles. The summed E-state index contributed by atoms with van der Waals surface area (Å²) in [5, 5.41) is 5.30. The van der Waals surface area contributed by atoms with Gasteiger partial charge in [0.2, 0.25) is 5.91 Å². The van der Waals surface area contributed by atoms with Crippen molar-refractivity contribution < 1.29 is 14.3 Å². The summed E-state index contributed by atoms with van der Waals surface area (Å²) < 4.78 is 11.9. The average Bonchev–Trinajstić information content (AvgIpc) is 3.25. The van der Waals surface area contributed by atoms with Crippen LogP contribution in [0.3, 0.4) is 0 Å². The second-order valence-corrected chi connectivity index (χ2v) is 8.68. The number of hydrogen-bond donors (Lipinski definition) is 1. The van der Waals surface area contributed by atoms with Crippen molar-refractivity contribution in [2.45, 2.75) is 26.8 Å². The summed E-state index contributed by atoms with van der Waals surface area (Å²) in [4.78, 5) is 31.6. The molecule has 170 valence electrons. The van der Waals surface area contributed by atoms with E-state index in [1.54, 1.807) is 32.2 Å². The molecule has 2 heterocycles. The minimum atomic E-state index is -0.794. The van der Waals surface area contributed by atoms with Gasteiger partial charge in [0.05, 0.1) is 31.6 Å². The standard InChI is InChI=1S/C25H25N3O4S/c1-14-6-7-17(10-15(14)2)19-12-33-24-22(19)25(30)28(13-26-24)16(3)23(29)27-20-11-18(31-4)8-9-21(20)32-5/h6-13,16H,1-5H3,(H,27,29). The van der Waals surface area contributed by atoms with E-state index in [9.17, 15) is 9.59 Å². The van der Waals surface area contributed by atoms with Gasteiger partial charge in [-0.05, 0) is 49.6 Å². The van der Waals surface area contributed by atoms with E-state index in [0.717, 1.165) is 16.7 Å². The summed E-state index contributed by atoms with van der Waals surface area (Å²) in [6.07, 6.45) is 1.43. The van der Waals surface area contributed by atoms with E-state index in [-0.39, 0.29) is 11.5 Å². The van der Waals surface area contributed by atoms with Gasteiger partial charge >= 0.3 is 0 Å². The lowest BCUT2D eigenvalue weighted by atomic mass is 10.0. The van der Waals surface area contributed by atoms with Crippen LogP contribution < -0.4 is 20.3 Å². The molecule has 7 nitrogen and oxygen atoms in total. The van der Waals surface area contributed by atoms with E-state index in [0.29, 0.717) is 27.4 Å². The Morgan fingerprint density at radius 2 is 1.88 bits per heavy atom. The summed E-state index contributed by atoms with van der Waals surface area (Å²) in [7, 11) is 3.07. The van der Waals surface area contributed by atoms with Crippen LogP contribution in [0, 0.1) is 13.8 Å². The molecule has 0 radical (unpaired) electrons. The summed E-state index contributed by atoms with van der Waals surface area (Å²) in [6, 6.07) is 10.4. The molecule has 2 aromatic heterocycles. The predicted octanol–water partition coefficient (Wildman–Crippen LogP) is 4.96. The Labute approximate surface area is 195 Å². The molecule has 1 atom stereocenters. The zero-order valence-electron chi connectivity index (χ0n) is 19.1. The van der Waals surface area contributed by atoms with Crippen LogP contribution in [0.15, 0.2) is 52.9 Å². The van der Waals surface area contributed by atoms with Gasteiger partial charge in [-0.2, -0.15) is 0 Å². The van der Waals surface area contributed by atoms with Crippen LogP contribution >= 0.6 is 11.3 Å². The number of nitrogens with zero attached hydrogens (tertiary/aromatic N) is 2. The number of aromatic nitrogens is 2. The first-order chi connectivity index (χ1) is 15.8. The quantitative estimate of drug-likeness (QED) is 0.437. The molecule has 0 fully saturated rings. The van der Waals surface area contributed by atoms with Crippen molar-refractivity contribution >= 4 is 33.1 Å². The number of benzene rings is 2. The van der Waals surface area contributed by atoms with E-state index in [2.05, 4.69) is 23.3 Å². The number of amides is 1. The van der Waals surface area contributed by atoms with Crippen LogP contribution in [-0.2, 0) is 4.79 Å². The Kier molecular flexibility index (Phi) is 6.20. The zero-order valence-corrected chi connectivity index (χ0v) is 19.9. The summed E-state index contributed by atoms with van der Waals surface area (Å²) in [5.41, 5.74) is 4.33. The minimum Gasteiger partial charge on any atom is -0.497 e. The number of hydrogen-bond acceptors (Lipinski definition) is 6. The maximum absolute atomic E-state index is 13.5. The highest BCUT2D eigenvalue weighted by Gasteiger charge is 2.21. The Hall–Kier alpha value is -3.65. The highest BCUT2D eigenvalue weighted by molar-refractivity contribution is 7.17. The fourth-order valence-corrected chi connectivity index (χ4v) is 4.52. The normalized spacial score (nSPS) is 11.9. The highest BCUT2D eigenvalue weighted by atomic mass is 32.1. The predicted molar refractivity (Wildman–Crippen MR) is 132 cm³/mol. The van der Waals surface area contributed by atoms with E-state index < -0.39 is 6.04 Å². The van der Waals surface area contributed by atoms with Gasteiger partial charge in [0.25, 0.3) is 5.56 Å². The van der Waals surface area contributed by atoms with E-state index in [1.807, 2.05) is 24.4 Å². The van der Waals surface area contributed by atoms with Crippen LogP contribution in [0.1, 0.15) is 24.1 Å². The Bertz CT molecular complexity index is 1410. The number of nitrogens with one attached hydrogen (secondary N) is 1. The van der Waals surface area contributed by atoms with Crippen LogP contribution in [-0.4, -0.2) is 29.7 Å². The Balaban J connectivity index is 1.71. The molecule has 1 unspecified atom stereocenters. The topological polar surface area (TPSA) is 82.4 Å². The molecule has 2 aromatic carbocycles.